The van der Waals surface area contributed by atoms with Crippen LogP contribution >= 0.6 is 0 Å². The average molecular weight is 181 g/mol. The standard InChI is InChI=1S/C9H15N3O/c1-2-3-8-11-7(4-5-10)6-9(13)12-8/h6H,2-5,10H2,1H3,(H,11,12,13). The van der Waals surface area contributed by atoms with Crippen LogP contribution in [0.3, 0.4) is 0 Å². The van der Waals surface area contributed by atoms with Gasteiger partial charge in [0.15, 0.2) is 0 Å². The Bertz CT molecular complexity index is 292. The molecule has 72 valence electrons. The molecule has 0 radical (unpaired) electrons. The van der Waals surface area contributed by atoms with Gasteiger partial charge in [0.2, 0.25) is 0 Å². The number of hydrogen-bond acceptors (Lipinski definition) is 3. The topological polar surface area (TPSA) is 71.8 Å². The molecular weight excluding hydrogens is 166 g/mol. The Morgan fingerprint density at radius 3 is 2.92 bits per heavy atom. The first-order chi connectivity index (χ1) is 6.26. The number of aryl methyl sites for hydroxylation is 1. The fourth-order valence-electron chi connectivity index (χ4n) is 1.19. The molecule has 13 heavy (non-hydrogen) atoms. The van der Waals surface area contributed by atoms with Crippen molar-refractivity contribution in [2.24, 2.45) is 5.73 Å². The molecular formula is C9H15N3O. The van der Waals surface area contributed by atoms with E-state index < -0.39 is 0 Å². The Morgan fingerprint density at radius 2 is 2.31 bits per heavy atom. The van der Waals surface area contributed by atoms with Crippen molar-refractivity contribution in [3.05, 3.63) is 27.9 Å². The number of aromatic nitrogens is 2. The molecule has 0 saturated heterocycles. The zero-order valence-electron chi connectivity index (χ0n) is 7.84. The van der Waals surface area contributed by atoms with Crippen molar-refractivity contribution in [3.63, 3.8) is 0 Å². The molecule has 0 saturated carbocycles. The van der Waals surface area contributed by atoms with Crippen LogP contribution in [0, 0.1) is 0 Å². The molecule has 0 aliphatic heterocycles. The quantitative estimate of drug-likeness (QED) is 0.698. The lowest BCUT2D eigenvalue weighted by molar-refractivity contribution is 0.793. The van der Waals surface area contributed by atoms with E-state index in [1.165, 1.54) is 6.07 Å². The normalized spacial score (nSPS) is 10.3. The molecule has 1 rings (SSSR count). The molecule has 1 heterocycles. The van der Waals surface area contributed by atoms with Crippen molar-refractivity contribution < 1.29 is 0 Å². The van der Waals surface area contributed by atoms with Crippen molar-refractivity contribution in [1.82, 2.24) is 9.97 Å². The zero-order valence-corrected chi connectivity index (χ0v) is 7.84. The number of rotatable bonds is 4. The van der Waals surface area contributed by atoms with Gasteiger partial charge in [0, 0.05) is 24.6 Å². The minimum Gasteiger partial charge on any atom is -0.330 e. The number of aromatic amines is 1. The first-order valence-corrected chi connectivity index (χ1v) is 4.55. The van der Waals surface area contributed by atoms with Crippen molar-refractivity contribution in [1.29, 1.82) is 0 Å². The number of nitrogens with two attached hydrogens (primary N) is 1. The summed E-state index contributed by atoms with van der Waals surface area (Å²) in [7, 11) is 0. The first-order valence-electron chi connectivity index (χ1n) is 4.55. The molecule has 0 aliphatic rings. The predicted octanol–water partition coefficient (Wildman–Crippen LogP) is 0.224. The van der Waals surface area contributed by atoms with E-state index in [2.05, 4.69) is 16.9 Å². The van der Waals surface area contributed by atoms with Crippen LogP contribution in [0.25, 0.3) is 0 Å². The van der Waals surface area contributed by atoms with Crippen LogP contribution < -0.4 is 11.3 Å². The monoisotopic (exact) mass is 181 g/mol. The Kier molecular flexibility index (Phi) is 3.64. The largest absolute Gasteiger partial charge is 0.330 e. The molecule has 0 aliphatic carbocycles. The van der Waals surface area contributed by atoms with E-state index in [1.807, 2.05) is 0 Å². The number of hydrogen-bond donors (Lipinski definition) is 2. The SMILES string of the molecule is CCCc1nc(CCN)cc(=O)[nH]1. The average Bonchev–Trinajstić information content (AvgIpc) is 2.04. The summed E-state index contributed by atoms with van der Waals surface area (Å²) in [4.78, 5) is 18.1. The first kappa shape index (κ1) is 9.92. The third-order valence-electron chi connectivity index (χ3n) is 1.73. The van der Waals surface area contributed by atoms with E-state index in [-0.39, 0.29) is 5.56 Å². The molecule has 0 amide bonds. The maximum atomic E-state index is 11.1. The van der Waals surface area contributed by atoms with Crippen molar-refractivity contribution in [2.75, 3.05) is 6.54 Å². The van der Waals surface area contributed by atoms with Gasteiger partial charge in [0.05, 0.1) is 0 Å². The number of nitrogens with one attached hydrogen (secondary N) is 1. The minimum atomic E-state index is -0.0816. The number of nitrogens with zero attached hydrogens (tertiary/aromatic N) is 1. The lowest BCUT2D eigenvalue weighted by Crippen LogP contribution is -2.15. The second-order valence-corrected chi connectivity index (χ2v) is 2.97. The van der Waals surface area contributed by atoms with E-state index in [0.29, 0.717) is 13.0 Å². The van der Waals surface area contributed by atoms with Gasteiger partial charge < -0.3 is 10.7 Å². The van der Waals surface area contributed by atoms with Gasteiger partial charge in [-0.25, -0.2) is 4.98 Å². The summed E-state index contributed by atoms with van der Waals surface area (Å²) in [5, 5.41) is 0. The summed E-state index contributed by atoms with van der Waals surface area (Å²) in [6.45, 7) is 2.58. The van der Waals surface area contributed by atoms with E-state index in [1.54, 1.807) is 0 Å². The van der Waals surface area contributed by atoms with Gasteiger partial charge in [0.25, 0.3) is 5.56 Å². The molecule has 4 heteroatoms. The predicted molar refractivity (Wildman–Crippen MR) is 51.6 cm³/mol. The minimum absolute atomic E-state index is 0.0816. The number of H-pyrrole nitrogens is 1. The van der Waals surface area contributed by atoms with Gasteiger partial charge in [0.1, 0.15) is 5.82 Å². The Morgan fingerprint density at radius 1 is 1.54 bits per heavy atom. The van der Waals surface area contributed by atoms with Crippen LogP contribution in [-0.4, -0.2) is 16.5 Å². The third-order valence-corrected chi connectivity index (χ3v) is 1.73. The third kappa shape index (κ3) is 2.99. The van der Waals surface area contributed by atoms with Gasteiger partial charge in [-0.2, -0.15) is 0 Å². The molecule has 3 N–H and O–H groups in total. The molecule has 1 aromatic rings. The Hall–Kier alpha value is -1.16. The van der Waals surface area contributed by atoms with Crippen LogP contribution in [0.1, 0.15) is 24.9 Å². The van der Waals surface area contributed by atoms with E-state index in [0.717, 1.165) is 24.4 Å². The molecule has 1 aromatic heterocycles. The molecule has 4 nitrogen and oxygen atoms in total. The Balaban J connectivity index is 2.90. The summed E-state index contributed by atoms with van der Waals surface area (Å²) in [6.07, 6.45) is 2.46. The maximum absolute atomic E-state index is 11.1. The molecule has 0 atom stereocenters. The molecule has 0 spiro atoms. The van der Waals surface area contributed by atoms with Crippen molar-refractivity contribution in [2.45, 2.75) is 26.2 Å². The van der Waals surface area contributed by atoms with Crippen molar-refractivity contribution >= 4 is 0 Å². The highest BCUT2D eigenvalue weighted by molar-refractivity contribution is 5.03. The van der Waals surface area contributed by atoms with Gasteiger partial charge in [-0.15, -0.1) is 0 Å². The fourth-order valence-corrected chi connectivity index (χ4v) is 1.19. The van der Waals surface area contributed by atoms with Crippen LogP contribution in [0.4, 0.5) is 0 Å². The van der Waals surface area contributed by atoms with E-state index >= 15 is 0 Å². The van der Waals surface area contributed by atoms with Crippen LogP contribution in [0.2, 0.25) is 0 Å². The summed E-state index contributed by atoms with van der Waals surface area (Å²) in [6, 6.07) is 1.51. The zero-order chi connectivity index (χ0) is 9.68. The highest BCUT2D eigenvalue weighted by Gasteiger charge is 1.99. The summed E-state index contributed by atoms with van der Waals surface area (Å²) in [5.41, 5.74) is 6.09. The summed E-state index contributed by atoms with van der Waals surface area (Å²) < 4.78 is 0. The lowest BCUT2D eigenvalue weighted by Gasteiger charge is -2.01. The second-order valence-electron chi connectivity index (χ2n) is 2.97. The Labute approximate surface area is 77.2 Å². The van der Waals surface area contributed by atoms with E-state index in [4.69, 9.17) is 5.73 Å². The smallest absolute Gasteiger partial charge is 0.251 e. The lowest BCUT2D eigenvalue weighted by atomic mass is 10.2. The van der Waals surface area contributed by atoms with Gasteiger partial charge >= 0.3 is 0 Å². The highest BCUT2D eigenvalue weighted by atomic mass is 16.1. The second kappa shape index (κ2) is 4.77. The van der Waals surface area contributed by atoms with Crippen molar-refractivity contribution in [3.8, 4) is 0 Å². The highest BCUT2D eigenvalue weighted by Crippen LogP contribution is 1.95. The van der Waals surface area contributed by atoms with Gasteiger partial charge in [-0.1, -0.05) is 6.92 Å². The van der Waals surface area contributed by atoms with Crippen LogP contribution in [0.15, 0.2) is 10.9 Å². The summed E-state index contributed by atoms with van der Waals surface area (Å²) in [5.74, 6) is 0.762. The molecule has 0 unspecified atom stereocenters. The molecule has 0 fully saturated rings. The molecule has 0 aromatic carbocycles. The molecule has 0 bridgehead atoms. The van der Waals surface area contributed by atoms with Gasteiger partial charge in [-0.3, -0.25) is 4.79 Å². The van der Waals surface area contributed by atoms with Crippen LogP contribution in [0.5, 0.6) is 0 Å². The van der Waals surface area contributed by atoms with Crippen LogP contribution in [-0.2, 0) is 12.8 Å². The summed E-state index contributed by atoms with van der Waals surface area (Å²) >= 11 is 0. The fraction of sp³-hybridized carbons (Fsp3) is 0.556. The van der Waals surface area contributed by atoms with E-state index in [9.17, 15) is 4.79 Å². The van der Waals surface area contributed by atoms with Gasteiger partial charge in [-0.05, 0) is 13.0 Å². The maximum Gasteiger partial charge on any atom is 0.251 e.